The fourth-order valence-electron chi connectivity index (χ4n) is 2.53. The first kappa shape index (κ1) is 13.8. The Morgan fingerprint density at radius 2 is 1.95 bits per heavy atom. The van der Waals surface area contributed by atoms with E-state index in [1.807, 2.05) is 12.1 Å². The number of nitrogens with zero attached hydrogens (tertiary/aromatic N) is 2. The minimum atomic E-state index is -0.918. The Balaban J connectivity index is 1.90. The van der Waals surface area contributed by atoms with Crippen molar-refractivity contribution in [1.29, 1.82) is 0 Å². The molecule has 1 saturated carbocycles. The van der Waals surface area contributed by atoms with E-state index in [9.17, 15) is 4.79 Å². The number of hydrogen-bond acceptors (Lipinski definition) is 4. The molecule has 1 aliphatic rings. The first-order valence-corrected chi connectivity index (χ1v) is 7.23. The van der Waals surface area contributed by atoms with Gasteiger partial charge < -0.3 is 9.63 Å². The van der Waals surface area contributed by atoms with Crippen LogP contribution in [0, 0.1) is 5.92 Å². The molecule has 5 nitrogen and oxygen atoms in total. The molecule has 3 rings (SSSR count). The van der Waals surface area contributed by atoms with E-state index < -0.39 is 5.97 Å². The molecule has 1 fully saturated rings. The molecule has 0 spiro atoms. The summed E-state index contributed by atoms with van der Waals surface area (Å²) in [5.41, 5.74) is 1.30. The van der Waals surface area contributed by atoms with Gasteiger partial charge in [0.2, 0.25) is 5.89 Å². The van der Waals surface area contributed by atoms with E-state index >= 15 is 0 Å². The Labute approximate surface area is 123 Å². The van der Waals surface area contributed by atoms with E-state index in [0.29, 0.717) is 17.7 Å². The van der Waals surface area contributed by atoms with Crippen LogP contribution < -0.4 is 0 Å². The van der Waals surface area contributed by atoms with Crippen molar-refractivity contribution in [3.8, 4) is 0 Å². The van der Waals surface area contributed by atoms with Gasteiger partial charge in [-0.3, -0.25) is 0 Å². The number of aromatic carboxylic acids is 1. The molecule has 1 heterocycles. The molecule has 1 aliphatic carbocycles. The molecular weight excluding hydrogens is 268 g/mol. The Morgan fingerprint density at radius 3 is 2.48 bits per heavy atom. The van der Waals surface area contributed by atoms with Crippen LogP contribution in [0.25, 0.3) is 0 Å². The minimum absolute atomic E-state index is 0.0177. The topological polar surface area (TPSA) is 76.2 Å². The van der Waals surface area contributed by atoms with Gasteiger partial charge >= 0.3 is 5.97 Å². The fourth-order valence-corrected chi connectivity index (χ4v) is 2.53. The summed E-state index contributed by atoms with van der Waals surface area (Å²) in [6.07, 6.45) is 2.25. The van der Waals surface area contributed by atoms with Crippen molar-refractivity contribution in [2.45, 2.75) is 38.5 Å². The predicted octanol–water partition coefficient (Wildman–Crippen LogP) is 3.43. The zero-order chi connectivity index (χ0) is 15.0. The van der Waals surface area contributed by atoms with Gasteiger partial charge in [-0.2, -0.15) is 4.98 Å². The molecular formula is C16H18N2O3. The van der Waals surface area contributed by atoms with Crippen molar-refractivity contribution in [2.75, 3.05) is 0 Å². The molecule has 110 valence electrons. The summed E-state index contributed by atoms with van der Waals surface area (Å²) >= 11 is 0. The van der Waals surface area contributed by atoms with E-state index in [0.717, 1.165) is 24.3 Å². The van der Waals surface area contributed by atoms with Crippen LogP contribution in [-0.2, 0) is 0 Å². The van der Waals surface area contributed by atoms with Gasteiger partial charge in [0.15, 0.2) is 5.82 Å². The maximum Gasteiger partial charge on any atom is 0.335 e. The summed E-state index contributed by atoms with van der Waals surface area (Å²) in [4.78, 5) is 15.5. The summed E-state index contributed by atoms with van der Waals surface area (Å²) in [5, 5.41) is 13.1. The van der Waals surface area contributed by atoms with Crippen LogP contribution in [0.15, 0.2) is 28.8 Å². The standard InChI is InChI=1S/C16H18N2O3/c1-9(2)13(10-3-7-12(8-4-10)16(19)20)14-17-15(21-18-14)11-5-6-11/h3-4,7-9,11,13H,5-6H2,1-2H3,(H,19,20). The fraction of sp³-hybridized carbons (Fsp3) is 0.438. The van der Waals surface area contributed by atoms with E-state index in [1.54, 1.807) is 12.1 Å². The lowest BCUT2D eigenvalue weighted by atomic mass is 9.87. The third-order valence-electron chi connectivity index (χ3n) is 3.85. The normalized spacial score (nSPS) is 16.1. The van der Waals surface area contributed by atoms with Crippen LogP contribution in [0.5, 0.6) is 0 Å². The second-order valence-corrected chi connectivity index (χ2v) is 5.91. The molecule has 1 aromatic heterocycles. The van der Waals surface area contributed by atoms with Gasteiger partial charge in [-0.05, 0) is 36.5 Å². The number of benzene rings is 1. The van der Waals surface area contributed by atoms with Crippen molar-refractivity contribution in [3.05, 3.63) is 47.1 Å². The first-order chi connectivity index (χ1) is 10.1. The summed E-state index contributed by atoms with van der Waals surface area (Å²) in [6.45, 7) is 4.20. The summed E-state index contributed by atoms with van der Waals surface area (Å²) in [7, 11) is 0. The highest BCUT2D eigenvalue weighted by atomic mass is 16.5. The van der Waals surface area contributed by atoms with Gasteiger partial charge in [0, 0.05) is 11.8 Å². The lowest BCUT2D eigenvalue weighted by Crippen LogP contribution is -2.11. The Bertz CT molecular complexity index is 642. The number of carbonyl (C=O) groups is 1. The molecule has 1 unspecified atom stereocenters. The second-order valence-electron chi connectivity index (χ2n) is 5.91. The Hall–Kier alpha value is -2.17. The van der Waals surface area contributed by atoms with Crippen molar-refractivity contribution >= 4 is 5.97 Å². The molecule has 0 saturated heterocycles. The van der Waals surface area contributed by atoms with Crippen LogP contribution in [0.2, 0.25) is 0 Å². The molecule has 1 N–H and O–H groups in total. The highest BCUT2D eigenvalue weighted by Gasteiger charge is 2.32. The Morgan fingerprint density at radius 1 is 1.29 bits per heavy atom. The van der Waals surface area contributed by atoms with Crippen LogP contribution in [0.4, 0.5) is 0 Å². The number of hydrogen-bond donors (Lipinski definition) is 1. The molecule has 21 heavy (non-hydrogen) atoms. The van der Waals surface area contributed by atoms with Gasteiger partial charge in [0.25, 0.3) is 0 Å². The average Bonchev–Trinajstić information content (AvgIpc) is 3.19. The molecule has 0 radical (unpaired) electrons. The minimum Gasteiger partial charge on any atom is -0.478 e. The van der Waals surface area contributed by atoms with Gasteiger partial charge in [-0.1, -0.05) is 31.1 Å². The van der Waals surface area contributed by atoms with E-state index in [-0.39, 0.29) is 11.5 Å². The van der Waals surface area contributed by atoms with Crippen molar-refractivity contribution in [1.82, 2.24) is 10.1 Å². The average molecular weight is 286 g/mol. The number of carboxylic acids is 1. The monoisotopic (exact) mass is 286 g/mol. The van der Waals surface area contributed by atoms with E-state index in [4.69, 9.17) is 9.63 Å². The largest absolute Gasteiger partial charge is 0.478 e. The van der Waals surface area contributed by atoms with Crippen LogP contribution in [0.3, 0.4) is 0 Å². The summed E-state index contributed by atoms with van der Waals surface area (Å²) in [6, 6.07) is 6.91. The number of carboxylic acid groups (broad SMARTS) is 1. The zero-order valence-corrected chi connectivity index (χ0v) is 12.1. The molecule has 1 atom stereocenters. The molecule has 0 bridgehead atoms. The second kappa shape index (κ2) is 5.31. The van der Waals surface area contributed by atoms with Gasteiger partial charge in [0.05, 0.1) is 5.56 Å². The van der Waals surface area contributed by atoms with Crippen LogP contribution in [-0.4, -0.2) is 21.2 Å². The predicted molar refractivity (Wildman–Crippen MR) is 76.4 cm³/mol. The lowest BCUT2D eigenvalue weighted by molar-refractivity contribution is 0.0697. The lowest BCUT2D eigenvalue weighted by Gasteiger charge is -2.17. The molecule has 5 heteroatoms. The van der Waals surface area contributed by atoms with E-state index in [2.05, 4.69) is 24.0 Å². The number of aromatic nitrogens is 2. The smallest absolute Gasteiger partial charge is 0.335 e. The highest BCUT2D eigenvalue weighted by molar-refractivity contribution is 5.87. The number of rotatable bonds is 5. The highest BCUT2D eigenvalue weighted by Crippen LogP contribution is 2.40. The summed E-state index contributed by atoms with van der Waals surface area (Å²) in [5.74, 6) is 1.26. The third kappa shape index (κ3) is 2.82. The maximum atomic E-state index is 10.9. The molecule has 0 aliphatic heterocycles. The molecule has 1 aromatic carbocycles. The van der Waals surface area contributed by atoms with Crippen molar-refractivity contribution in [2.24, 2.45) is 5.92 Å². The molecule has 0 amide bonds. The molecule has 2 aromatic rings. The van der Waals surface area contributed by atoms with Crippen molar-refractivity contribution in [3.63, 3.8) is 0 Å². The van der Waals surface area contributed by atoms with Gasteiger partial charge in [-0.25, -0.2) is 4.79 Å². The maximum absolute atomic E-state index is 10.9. The van der Waals surface area contributed by atoms with Gasteiger partial charge in [0.1, 0.15) is 0 Å². The quantitative estimate of drug-likeness (QED) is 0.911. The van der Waals surface area contributed by atoms with E-state index in [1.165, 1.54) is 0 Å². The van der Waals surface area contributed by atoms with Crippen molar-refractivity contribution < 1.29 is 14.4 Å². The first-order valence-electron chi connectivity index (χ1n) is 7.23. The third-order valence-corrected chi connectivity index (χ3v) is 3.85. The van der Waals surface area contributed by atoms with Crippen LogP contribution >= 0.6 is 0 Å². The van der Waals surface area contributed by atoms with Crippen LogP contribution in [0.1, 0.15) is 66.2 Å². The Kier molecular flexibility index (Phi) is 3.49. The SMILES string of the molecule is CC(C)C(c1ccc(C(=O)O)cc1)c1noc(C2CC2)n1. The zero-order valence-electron chi connectivity index (χ0n) is 12.1. The van der Waals surface area contributed by atoms with Gasteiger partial charge in [-0.15, -0.1) is 0 Å². The summed E-state index contributed by atoms with van der Waals surface area (Å²) < 4.78 is 5.35.